The maximum atomic E-state index is 13.4. The Balaban J connectivity index is 1.83. The van der Waals surface area contributed by atoms with Crippen LogP contribution >= 0.6 is 0 Å². The zero-order chi connectivity index (χ0) is 25.8. The van der Waals surface area contributed by atoms with Gasteiger partial charge in [0.05, 0.1) is 59.2 Å². The number of benzene rings is 2. The number of quaternary nitrogens is 1. The Morgan fingerprint density at radius 1 is 1.03 bits per heavy atom. The van der Waals surface area contributed by atoms with Gasteiger partial charge in [0.25, 0.3) is 11.7 Å². The average molecular weight is 498 g/mol. The highest BCUT2D eigenvalue weighted by Gasteiger charge is 2.47. The van der Waals surface area contributed by atoms with Crippen LogP contribution in [0.3, 0.4) is 0 Å². The smallest absolute Gasteiger partial charge is 0.295 e. The van der Waals surface area contributed by atoms with Crippen LogP contribution in [0.4, 0.5) is 0 Å². The van der Waals surface area contributed by atoms with E-state index in [0.29, 0.717) is 54.7 Å². The number of carbonyl (C=O) groups excluding carboxylic acids is 2. The average Bonchev–Trinajstić information content (AvgIpc) is 3.16. The summed E-state index contributed by atoms with van der Waals surface area (Å²) in [5, 5.41) is 11.4. The van der Waals surface area contributed by atoms with E-state index in [-0.39, 0.29) is 11.3 Å². The Labute approximate surface area is 210 Å². The zero-order valence-corrected chi connectivity index (χ0v) is 21.1. The van der Waals surface area contributed by atoms with Gasteiger partial charge >= 0.3 is 0 Å². The number of hydrogen-bond acceptors (Lipinski definition) is 7. The molecule has 1 amide bonds. The SMILES string of the molecule is COc1ccc(OC)c(C2C(=C(O)c3ccc(OC)c(C)c3)C(=O)C(=O)N2CC[NH+]2CCOCC2)c1. The molecule has 0 saturated carbocycles. The number of carbonyl (C=O) groups is 2. The molecular formula is C27H33N2O7+. The van der Waals surface area contributed by atoms with Gasteiger partial charge in [-0.3, -0.25) is 9.59 Å². The lowest BCUT2D eigenvalue weighted by Gasteiger charge is -2.29. The first kappa shape index (κ1) is 25.5. The summed E-state index contributed by atoms with van der Waals surface area (Å²) in [5.74, 6) is 0.0811. The van der Waals surface area contributed by atoms with Crippen molar-refractivity contribution < 1.29 is 38.5 Å². The number of amides is 1. The third kappa shape index (κ3) is 4.89. The molecule has 0 spiro atoms. The van der Waals surface area contributed by atoms with Gasteiger partial charge in [-0.1, -0.05) is 0 Å². The molecule has 2 aromatic carbocycles. The molecule has 4 rings (SSSR count). The van der Waals surface area contributed by atoms with Crippen molar-refractivity contribution in [2.75, 3.05) is 60.7 Å². The summed E-state index contributed by atoms with van der Waals surface area (Å²) in [5.41, 5.74) is 1.81. The van der Waals surface area contributed by atoms with Crippen LogP contribution in [0.25, 0.3) is 5.76 Å². The highest BCUT2D eigenvalue weighted by Crippen LogP contribution is 2.43. The molecule has 2 fully saturated rings. The van der Waals surface area contributed by atoms with Gasteiger partial charge in [0.15, 0.2) is 0 Å². The summed E-state index contributed by atoms with van der Waals surface area (Å²) in [6, 6.07) is 9.53. The number of morpholine rings is 1. The fourth-order valence-corrected chi connectivity index (χ4v) is 4.86. The topological polar surface area (TPSA) is 99.0 Å². The van der Waals surface area contributed by atoms with Gasteiger partial charge in [-0.2, -0.15) is 0 Å². The van der Waals surface area contributed by atoms with E-state index in [2.05, 4.69) is 0 Å². The lowest BCUT2D eigenvalue weighted by atomic mass is 9.94. The Morgan fingerprint density at radius 3 is 2.36 bits per heavy atom. The number of rotatable bonds is 8. The van der Waals surface area contributed by atoms with Crippen LogP contribution in [-0.2, 0) is 14.3 Å². The minimum atomic E-state index is -0.835. The molecule has 9 nitrogen and oxygen atoms in total. The van der Waals surface area contributed by atoms with Crippen molar-refractivity contribution in [1.82, 2.24) is 4.90 Å². The highest BCUT2D eigenvalue weighted by atomic mass is 16.5. The molecule has 0 radical (unpaired) electrons. The normalized spacial score (nSPS) is 20.0. The Morgan fingerprint density at radius 2 is 1.72 bits per heavy atom. The standard InChI is InChI=1S/C27H32N2O7/c1-17-15-18(5-7-21(17)34-3)25(30)23-24(20-16-19(33-2)6-8-22(20)35-4)29(27(32)26(23)31)10-9-28-11-13-36-14-12-28/h5-8,15-16,24,30H,9-14H2,1-4H3/p+1. The summed E-state index contributed by atoms with van der Waals surface area (Å²) >= 11 is 0. The number of hydrogen-bond donors (Lipinski definition) is 2. The second kappa shape index (κ2) is 11.0. The fourth-order valence-electron chi connectivity index (χ4n) is 4.86. The lowest BCUT2D eigenvalue weighted by molar-refractivity contribution is -0.907. The molecule has 2 aromatic rings. The van der Waals surface area contributed by atoms with Gasteiger partial charge in [0, 0.05) is 11.1 Å². The van der Waals surface area contributed by atoms with Gasteiger partial charge < -0.3 is 33.9 Å². The maximum absolute atomic E-state index is 13.4. The van der Waals surface area contributed by atoms with Crippen LogP contribution in [0, 0.1) is 6.92 Å². The van der Waals surface area contributed by atoms with E-state index < -0.39 is 17.7 Å². The minimum absolute atomic E-state index is 0.0214. The molecule has 1 atom stereocenters. The summed E-state index contributed by atoms with van der Waals surface area (Å²) in [6.07, 6.45) is 0. The second-order valence-electron chi connectivity index (χ2n) is 8.90. The minimum Gasteiger partial charge on any atom is -0.507 e. The summed E-state index contributed by atoms with van der Waals surface area (Å²) < 4.78 is 21.8. The number of likely N-dealkylation sites (tertiary alicyclic amines) is 1. The number of ether oxygens (including phenoxy) is 4. The molecule has 2 aliphatic rings. The fraction of sp³-hybridized carbons (Fsp3) is 0.407. The first-order valence-corrected chi connectivity index (χ1v) is 12.0. The Kier molecular flexibility index (Phi) is 7.81. The zero-order valence-electron chi connectivity index (χ0n) is 21.1. The van der Waals surface area contributed by atoms with Gasteiger partial charge in [-0.15, -0.1) is 0 Å². The van der Waals surface area contributed by atoms with Crippen molar-refractivity contribution in [3.8, 4) is 17.2 Å². The second-order valence-corrected chi connectivity index (χ2v) is 8.90. The van der Waals surface area contributed by atoms with Gasteiger partial charge in [-0.05, 0) is 48.9 Å². The molecule has 1 unspecified atom stereocenters. The van der Waals surface area contributed by atoms with Crippen LogP contribution in [0.2, 0.25) is 0 Å². The van der Waals surface area contributed by atoms with Crippen LogP contribution in [0.1, 0.15) is 22.7 Å². The molecule has 2 aliphatic heterocycles. The van der Waals surface area contributed by atoms with Gasteiger partial charge in [0.2, 0.25) is 0 Å². The number of methoxy groups -OCH3 is 3. The van der Waals surface area contributed by atoms with E-state index in [4.69, 9.17) is 18.9 Å². The molecule has 2 heterocycles. The molecule has 36 heavy (non-hydrogen) atoms. The molecule has 0 aliphatic carbocycles. The van der Waals surface area contributed by atoms with Crippen LogP contribution in [0.15, 0.2) is 42.0 Å². The highest BCUT2D eigenvalue weighted by molar-refractivity contribution is 6.46. The maximum Gasteiger partial charge on any atom is 0.295 e. The van der Waals surface area contributed by atoms with Crippen molar-refractivity contribution >= 4 is 17.4 Å². The van der Waals surface area contributed by atoms with Crippen molar-refractivity contribution in [2.24, 2.45) is 0 Å². The van der Waals surface area contributed by atoms with Crippen LogP contribution in [-0.4, -0.2) is 82.4 Å². The predicted octanol–water partition coefficient (Wildman–Crippen LogP) is 1.36. The first-order valence-electron chi connectivity index (χ1n) is 12.0. The Hall–Kier alpha value is -3.56. The number of aliphatic hydroxyl groups is 1. The Bertz CT molecular complexity index is 1170. The molecule has 2 N–H and O–H groups in total. The van der Waals surface area contributed by atoms with Crippen LogP contribution < -0.4 is 19.1 Å². The largest absolute Gasteiger partial charge is 0.507 e. The van der Waals surface area contributed by atoms with E-state index in [0.717, 1.165) is 18.7 Å². The summed E-state index contributed by atoms with van der Waals surface area (Å²) in [4.78, 5) is 29.6. The molecule has 192 valence electrons. The molecular weight excluding hydrogens is 464 g/mol. The van der Waals surface area contributed by atoms with Gasteiger partial charge in [-0.25, -0.2) is 0 Å². The lowest BCUT2D eigenvalue weighted by Crippen LogP contribution is -3.14. The van der Waals surface area contributed by atoms with E-state index in [1.165, 1.54) is 16.9 Å². The quantitative estimate of drug-likeness (QED) is 0.323. The number of ketones is 1. The van der Waals surface area contributed by atoms with Crippen molar-refractivity contribution in [3.63, 3.8) is 0 Å². The van der Waals surface area contributed by atoms with Crippen molar-refractivity contribution in [2.45, 2.75) is 13.0 Å². The number of aryl methyl sites for hydroxylation is 1. The first-order chi connectivity index (χ1) is 17.4. The van der Waals surface area contributed by atoms with E-state index in [9.17, 15) is 14.7 Å². The van der Waals surface area contributed by atoms with E-state index in [1.54, 1.807) is 50.6 Å². The monoisotopic (exact) mass is 497 g/mol. The number of nitrogens with zero attached hydrogens (tertiary/aromatic N) is 1. The third-order valence-electron chi connectivity index (χ3n) is 6.85. The molecule has 0 aromatic heterocycles. The summed E-state index contributed by atoms with van der Waals surface area (Å²) in [7, 11) is 4.64. The van der Waals surface area contributed by atoms with E-state index >= 15 is 0 Å². The van der Waals surface area contributed by atoms with Crippen molar-refractivity contribution in [3.05, 3.63) is 58.7 Å². The van der Waals surface area contributed by atoms with Gasteiger partial charge in [0.1, 0.15) is 36.1 Å². The molecule has 0 bridgehead atoms. The summed E-state index contributed by atoms with van der Waals surface area (Å²) in [6.45, 7) is 5.84. The number of aliphatic hydroxyl groups excluding tert-OH is 1. The molecule has 2 saturated heterocycles. The van der Waals surface area contributed by atoms with Crippen LogP contribution in [0.5, 0.6) is 17.2 Å². The third-order valence-corrected chi connectivity index (χ3v) is 6.85. The van der Waals surface area contributed by atoms with Crippen molar-refractivity contribution in [1.29, 1.82) is 0 Å². The molecule has 9 heteroatoms. The predicted molar refractivity (Wildman–Crippen MR) is 133 cm³/mol. The number of nitrogens with one attached hydrogen (secondary N) is 1. The van der Waals surface area contributed by atoms with E-state index in [1.807, 2.05) is 6.92 Å². The number of Topliss-reactive ketones (excluding diaryl/α,β-unsaturated/α-hetero) is 1.